The van der Waals surface area contributed by atoms with Gasteiger partial charge >= 0.3 is 0 Å². The lowest BCUT2D eigenvalue weighted by atomic mass is 10.1. The number of benzene rings is 1. The van der Waals surface area contributed by atoms with Crippen LogP contribution in [0.25, 0.3) is 0 Å². The molecular weight excluding hydrogens is 337 g/mol. The molecule has 1 aromatic carbocycles. The first kappa shape index (κ1) is 18.2. The summed E-state index contributed by atoms with van der Waals surface area (Å²) in [4.78, 5) is 4.21. The van der Waals surface area contributed by atoms with Crippen LogP contribution < -0.4 is 15.4 Å². The molecule has 3 rings (SSSR count). The normalized spacial score (nSPS) is 13.8. The second-order valence-corrected chi connectivity index (χ2v) is 5.96. The molecule has 1 aromatic heterocycles. The van der Waals surface area contributed by atoms with Crippen LogP contribution in [0.5, 0.6) is 5.75 Å². The second kappa shape index (κ2) is 9.19. The van der Waals surface area contributed by atoms with Crippen LogP contribution in [0, 0.1) is 5.82 Å². The van der Waals surface area contributed by atoms with Crippen LogP contribution in [0.15, 0.2) is 35.6 Å². The van der Waals surface area contributed by atoms with Crippen LogP contribution >= 0.6 is 0 Å². The third-order valence-electron chi connectivity index (χ3n) is 4.08. The number of halogens is 1. The van der Waals surface area contributed by atoms with Crippen LogP contribution in [-0.2, 0) is 24.3 Å². The molecule has 26 heavy (non-hydrogen) atoms. The molecule has 1 aliphatic heterocycles. The molecule has 0 saturated carbocycles. The van der Waals surface area contributed by atoms with E-state index in [2.05, 4.69) is 20.7 Å². The molecule has 0 saturated heterocycles. The van der Waals surface area contributed by atoms with Crippen LogP contribution in [0.1, 0.15) is 17.5 Å². The number of guanidine groups is 1. The third kappa shape index (κ3) is 4.95. The van der Waals surface area contributed by atoms with E-state index in [-0.39, 0.29) is 12.6 Å². The van der Waals surface area contributed by atoms with Crippen LogP contribution in [0.2, 0.25) is 0 Å². The molecule has 0 fully saturated rings. The zero-order valence-corrected chi connectivity index (χ0v) is 14.9. The Labute approximate surface area is 152 Å². The highest BCUT2D eigenvalue weighted by atomic mass is 19.1. The highest BCUT2D eigenvalue weighted by molar-refractivity contribution is 5.79. The number of hydrogen-bond acceptors (Lipinski definition) is 4. The largest absolute Gasteiger partial charge is 0.467 e. The number of rotatable bonds is 7. The summed E-state index contributed by atoms with van der Waals surface area (Å²) in [5.41, 5.74) is 1.59. The lowest BCUT2D eigenvalue weighted by Crippen LogP contribution is -2.39. The summed E-state index contributed by atoms with van der Waals surface area (Å²) >= 11 is 0. The molecule has 0 amide bonds. The summed E-state index contributed by atoms with van der Waals surface area (Å²) in [6.45, 7) is 2.85. The van der Waals surface area contributed by atoms with Gasteiger partial charge < -0.3 is 20.1 Å². The predicted octanol–water partition coefficient (Wildman–Crippen LogP) is 1.69. The maximum atomic E-state index is 13.8. The van der Waals surface area contributed by atoms with Gasteiger partial charge in [0.25, 0.3) is 0 Å². The molecule has 8 heteroatoms. The summed E-state index contributed by atoms with van der Waals surface area (Å²) in [5, 5.41) is 10.7. The number of ether oxygens (including phenoxy) is 2. The first-order chi connectivity index (χ1) is 12.8. The minimum absolute atomic E-state index is 0.207. The van der Waals surface area contributed by atoms with Crippen molar-refractivity contribution in [1.29, 1.82) is 0 Å². The molecule has 2 heterocycles. The first-order valence-corrected chi connectivity index (χ1v) is 8.70. The van der Waals surface area contributed by atoms with Gasteiger partial charge in [-0.3, -0.25) is 9.67 Å². The molecule has 0 unspecified atom stereocenters. The van der Waals surface area contributed by atoms with Crippen LogP contribution in [-0.4, -0.2) is 42.7 Å². The fourth-order valence-corrected chi connectivity index (χ4v) is 2.86. The van der Waals surface area contributed by atoms with E-state index in [0.717, 1.165) is 42.3 Å². The number of aryl methyl sites for hydroxylation is 1. The number of nitrogens with one attached hydrogen (secondary N) is 2. The predicted molar refractivity (Wildman–Crippen MR) is 96.6 cm³/mol. The summed E-state index contributed by atoms with van der Waals surface area (Å²) in [5.74, 6) is 1.19. The zero-order chi connectivity index (χ0) is 18.2. The van der Waals surface area contributed by atoms with Gasteiger partial charge in [-0.15, -0.1) is 0 Å². The van der Waals surface area contributed by atoms with Crippen molar-refractivity contribution in [2.24, 2.45) is 4.99 Å². The SMILES string of the molecule is CN=C(NCCCn1cccn1)NCCc1cc(F)cc2c1OCOC2. The molecule has 0 radical (unpaired) electrons. The maximum absolute atomic E-state index is 13.8. The Kier molecular flexibility index (Phi) is 6.43. The van der Waals surface area contributed by atoms with Crippen molar-refractivity contribution in [3.8, 4) is 5.75 Å². The Morgan fingerprint density at radius 3 is 3.04 bits per heavy atom. The van der Waals surface area contributed by atoms with Crippen molar-refractivity contribution >= 4 is 5.96 Å². The molecule has 140 valence electrons. The summed E-state index contributed by atoms with van der Waals surface area (Å²) in [7, 11) is 1.73. The Hall–Kier alpha value is -2.61. The Morgan fingerprint density at radius 1 is 1.35 bits per heavy atom. The maximum Gasteiger partial charge on any atom is 0.190 e. The van der Waals surface area contributed by atoms with E-state index >= 15 is 0 Å². The molecule has 0 bridgehead atoms. The second-order valence-electron chi connectivity index (χ2n) is 5.96. The van der Waals surface area contributed by atoms with Gasteiger partial charge in [0.2, 0.25) is 0 Å². The number of aliphatic imine (C=N–C) groups is 1. The van der Waals surface area contributed by atoms with E-state index in [4.69, 9.17) is 9.47 Å². The van der Waals surface area contributed by atoms with E-state index in [0.29, 0.717) is 19.6 Å². The van der Waals surface area contributed by atoms with Gasteiger partial charge in [-0.2, -0.15) is 5.10 Å². The van der Waals surface area contributed by atoms with Crippen molar-refractivity contribution in [3.63, 3.8) is 0 Å². The van der Waals surface area contributed by atoms with E-state index in [1.807, 2.05) is 16.9 Å². The fourth-order valence-electron chi connectivity index (χ4n) is 2.86. The number of hydrogen-bond donors (Lipinski definition) is 2. The van der Waals surface area contributed by atoms with Gasteiger partial charge in [0.05, 0.1) is 6.61 Å². The first-order valence-electron chi connectivity index (χ1n) is 8.70. The summed E-state index contributed by atoms with van der Waals surface area (Å²) < 4.78 is 26.4. The molecule has 0 aliphatic carbocycles. The van der Waals surface area contributed by atoms with Gasteiger partial charge in [0.1, 0.15) is 11.6 Å². The topological polar surface area (TPSA) is 72.7 Å². The van der Waals surface area contributed by atoms with E-state index < -0.39 is 0 Å². The van der Waals surface area contributed by atoms with Crippen molar-refractivity contribution in [2.45, 2.75) is 26.0 Å². The lowest BCUT2D eigenvalue weighted by Gasteiger charge is -2.21. The number of nitrogens with zero attached hydrogens (tertiary/aromatic N) is 3. The Morgan fingerprint density at radius 2 is 2.23 bits per heavy atom. The quantitative estimate of drug-likeness (QED) is 0.446. The molecule has 0 atom stereocenters. The lowest BCUT2D eigenvalue weighted by molar-refractivity contribution is -0.0172. The number of aromatic nitrogens is 2. The van der Waals surface area contributed by atoms with Gasteiger partial charge in [-0.25, -0.2) is 4.39 Å². The molecular formula is C18H24FN5O2. The minimum Gasteiger partial charge on any atom is -0.467 e. The minimum atomic E-state index is -0.269. The molecule has 7 nitrogen and oxygen atoms in total. The number of fused-ring (bicyclic) bond motifs is 1. The Balaban J connectivity index is 1.44. The van der Waals surface area contributed by atoms with E-state index in [1.165, 1.54) is 12.1 Å². The van der Waals surface area contributed by atoms with Gasteiger partial charge in [0, 0.05) is 44.6 Å². The Bertz CT molecular complexity index is 733. The fraction of sp³-hybridized carbons (Fsp3) is 0.444. The summed E-state index contributed by atoms with van der Waals surface area (Å²) in [6, 6.07) is 4.90. The van der Waals surface area contributed by atoms with Crippen molar-refractivity contribution in [1.82, 2.24) is 20.4 Å². The molecule has 0 spiro atoms. The van der Waals surface area contributed by atoms with Gasteiger partial charge in [-0.05, 0) is 36.6 Å². The average Bonchev–Trinajstić information content (AvgIpc) is 3.17. The third-order valence-corrected chi connectivity index (χ3v) is 4.08. The van der Waals surface area contributed by atoms with Crippen molar-refractivity contribution < 1.29 is 13.9 Å². The summed E-state index contributed by atoms with van der Waals surface area (Å²) in [6.07, 6.45) is 5.29. The van der Waals surface area contributed by atoms with E-state index in [9.17, 15) is 4.39 Å². The monoisotopic (exact) mass is 361 g/mol. The van der Waals surface area contributed by atoms with Gasteiger partial charge in [-0.1, -0.05) is 0 Å². The van der Waals surface area contributed by atoms with Crippen molar-refractivity contribution in [2.75, 3.05) is 26.9 Å². The molecule has 2 N–H and O–H groups in total. The van der Waals surface area contributed by atoms with E-state index in [1.54, 1.807) is 13.2 Å². The average molecular weight is 361 g/mol. The highest BCUT2D eigenvalue weighted by Crippen LogP contribution is 2.29. The zero-order valence-electron chi connectivity index (χ0n) is 14.9. The van der Waals surface area contributed by atoms with Crippen LogP contribution in [0.4, 0.5) is 4.39 Å². The van der Waals surface area contributed by atoms with Gasteiger partial charge in [0.15, 0.2) is 12.8 Å². The standard InChI is InChI=1S/C18H24FN5O2/c1-20-18(21-5-2-8-24-9-3-6-23-24)22-7-4-14-10-16(19)11-15-12-25-13-26-17(14)15/h3,6,9-11H,2,4-5,7-8,12-13H2,1H3,(H2,20,21,22). The highest BCUT2D eigenvalue weighted by Gasteiger charge is 2.16. The smallest absolute Gasteiger partial charge is 0.190 e. The molecule has 2 aromatic rings. The van der Waals surface area contributed by atoms with Crippen LogP contribution in [0.3, 0.4) is 0 Å². The van der Waals surface area contributed by atoms with Crippen molar-refractivity contribution in [3.05, 3.63) is 47.5 Å². The molecule has 1 aliphatic rings.